The highest BCUT2D eigenvalue weighted by atomic mass is 35.5. The number of hydrogen-bond acceptors (Lipinski definition) is 4. The van der Waals surface area contributed by atoms with Gasteiger partial charge in [-0.25, -0.2) is 9.78 Å². The highest BCUT2D eigenvalue weighted by molar-refractivity contribution is 7.14. The summed E-state index contributed by atoms with van der Waals surface area (Å²) in [5.41, 5.74) is 0.950. The lowest BCUT2D eigenvalue weighted by Crippen LogP contribution is -2.42. The van der Waals surface area contributed by atoms with Crippen molar-refractivity contribution in [1.29, 1.82) is 0 Å². The van der Waals surface area contributed by atoms with Gasteiger partial charge in [0.15, 0.2) is 5.13 Å². The Hall–Kier alpha value is -0.850. The first-order chi connectivity index (χ1) is 7.91. The molecule has 0 aromatic carbocycles. The zero-order chi connectivity index (χ0) is 13.0. The van der Waals surface area contributed by atoms with Crippen LogP contribution in [0.2, 0.25) is 0 Å². The molecule has 2 amide bonds. The maximum atomic E-state index is 12.1. The Bertz CT molecular complexity index is 381. The van der Waals surface area contributed by atoms with Gasteiger partial charge in [0.1, 0.15) is 0 Å². The van der Waals surface area contributed by atoms with Gasteiger partial charge in [0, 0.05) is 32.6 Å². The molecule has 7 heteroatoms. The van der Waals surface area contributed by atoms with Crippen molar-refractivity contribution in [2.45, 2.75) is 6.92 Å². The molecule has 1 rings (SSSR count). The van der Waals surface area contributed by atoms with Crippen molar-refractivity contribution in [3.8, 4) is 0 Å². The molecular formula is C11H21ClN4OS. The Balaban J connectivity index is 0.00000289. The number of urea groups is 1. The van der Waals surface area contributed by atoms with E-state index in [4.69, 9.17) is 0 Å². The van der Waals surface area contributed by atoms with Gasteiger partial charge in [0.2, 0.25) is 0 Å². The number of hydrogen-bond donors (Lipinski definition) is 0. The number of aromatic nitrogens is 1. The van der Waals surface area contributed by atoms with E-state index in [1.165, 1.54) is 11.3 Å². The quantitative estimate of drug-likeness (QED) is 0.851. The molecule has 1 aromatic rings. The maximum Gasteiger partial charge on any atom is 0.325 e. The summed E-state index contributed by atoms with van der Waals surface area (Å²) in [7, 11) is 7.49. The van der Waals surface area contributed by atoms with E-state index in [2.05, 4.69) is 9.88 Å². The average Bonchev–Trinajstić information content (AvgIpc) is 2.64. The van der Waals surface area contributed by atoms with Crippen molar-refractivity contribution in [2.24, 2.45) is 0 Å². The molecule has 0 saturated heterocycles. The number of carbonyl (C=O) groups is 1. The fourth-order valence-corrected chi connectivity index (χ4v) is 2.10. The summed E-state index contributed by atoms with van der Waals surface area (Å²) in [5.74, 6) is 0. The summed E-state index contributed by atoms with van der Waals surface area (Å²) in [6.07, 6.45) is 0. The largest absolute Gasteiger partial charge is 0.330 e. The lowest BCUT2D eigenvalue weighted by molar-refractivity contribution is 0.223. The van der Waals surface area contributed by atoms with Crippen molar-refractivity contribution in [3.05, 3.63) is 11.1 Å². The molecule has 5 nitrogen and oxygen atoms in total. The van der Waals surface area contributed by atoms with E-state index < -0.39 is 0 Å². The summed E-state index contributed by atoms with van der Waals surface area (Å²) < 4.78 is 0. The van der Waals surface area contributed by atoms with Gasteiger partial charge in [-0.3, -0.25) is 4.90 Å². The third-order valence-corrected chi connectivity index (χ3v) is 3.20. The molecule has 0 saturated carbocycles. The molecule has 0 atom stereocenters. The summed E-state index contributed by atoms with van der Waals surface area (Å²) in [5, 5.41) is 2.73. The highest BCUT2D eigenvalue weighted by Gasteiger charge is 2.20. The lowest BCUT2D eigenvalue weighted by Gasteiger charge is -2.25. The predicted octanol–water partition coefficient (Wildman–Crippen LogP) is 1.92. The van der Waals surface area contributed by atoms with Crippen LogP contribution in [-0.4, -0.2) is 62.1 Å². The van der Waals surface area contributed by atoms with Crippen molar-refractivity contribution < 1.29 is 4.79 Å². The van der Waals surface area contributed by atoms with Crippen LogP contribution in [0.25, 0.3) is 0 Å². The molecule has 0 spiro atoms. The number of halogens is 1. The lowest BCUT2D eigenvalue weighted by atomic mass is 10.5. The predicted molar refractivity (Wildman–Crippen MR) is 79.1 cm³/mol. The van der Waals surface area contributed by atoms with Gasteiger partial charge in [-0.05, 0) is 21.0 Å². The van der Waals surface area contributed by atoms with Gasteiger partial charge in [-0.15, -0.1) is 23.7 Å². The maximum absolute atomic E-state index is 12.1. The van der Waals surface area contributed by atoms with Crippen LogP contribution < -0.4 is 4.90 Å². The van der Waals surface area contributed by atoms with Gasteiger partial charge in [0.05, 0.1) is 5.69 Å². The van der Waals surface area contributed by atoms with Gasteiger partial charge in [0.25, 0.3) is 0 Å². The number of carbonyl (C=O) groups excluding carboxylic acids is 1. The van der Waals surface area contributed by atoms with Gasteiger partial charge in [-0.1, -0.05) is 0 Å². The number of anilines is 1. The molecule has 0 bridgehead atoms. The Morgan fingerprint density at radius 3 is 2.28 bits per heavy atom. The van der Waals surface area contributed by atoms with Crippen molar-refractivity contribution in [2.75, 3.05) is 46.2 Å². The fraction of sp³-hybridized carbons (Fsp3) is 0.636. The van der Waals surface area contributed by atoms with Crippen molar-refractivity contribution in [1.82, 2.24) is 14.8 Å². The van der Waals surface area contributed by atoms with Crippen LogP contribution in [0, 0.1) is 6.92 Å². The van der Waals surface area contributed by atoms with E-state index in [9.17, 15) is 4.79 Å². The van der Waals surface area contributed by atoms with Crippen molar-refractivity contribution >= 4 is 34.9 Å². The van der Waals surface area contributed by atoms with E-state index in [1.807, 2.05) is 26.4 Å². The smallest absolute Gasteiger partial charge is 0.325 e. The van der Waals surface area contributed by atoms with Crippen LogP contribution in [0.15, 0.2) is 5.38 Å². The number of rotatable bonds is 4. The molecule has 18 heavy (non-hydrogen) atoms. The number of aryl methyl sites for hydroxylation is 1. The van der Waals surface area contributed by atoms with E-state index in [1.54, 1.807) is 23.9 Å². The Morgan fingerprint density at radius 2 is 1.89 bits per heavy atom. The third-order valence-electron chi connectivity index (χ3n) is 2.22. The first-order valence-electron chi connectivity index (χ1n) is 5.47. The molecule has 1 heterocycles. The second-order valence-electron chi connectivity index (χ2n) is 4.40. The molecule has 0 aliphatic carbocycles. The first kappa shape index (κ1) is 17.2. The van der Waals surface area contributed by atoms with Crippen LogP contribution in [-0.2, 0) is 0 Å². The summed E-state index contributed by atoms with van der Waals surface area (Å²) >= 11 is 1.50. The standard InChI is InChI=1S/C11H20N4OS.ClH/c1-9-8-17-10(12-9)15(7-6-13(2)3)11(16)14(4)5;/h8H,6-7H2,1-5H3;1H. The molecule has 0 radical (unpaired) electrons. The number of likely N-dealkylation sites (N-methyl/N-ethyl adjacent to an activating group) is 1. The number of nitrogens with zero attached hydrogens (tertiary/aromatic N) is 4. The Labute approximate surface area is 119 Å². The molecule has 0 N–H and O–H groups in total. The molecular weight excluding hydrogens is 272 g/mol. The molecule has 0 aliphatic heterocycles. The fourth-order valence-electron chi connectivity index (χ4n) is 1.28. The van der Waals surface area contributed by atoms with E-state index in [0.29, 0.717) is 6.54 Å². The van der Waals surface area contributed by atoms with Crippen molar-refractivity contribution in [3.63, 3.8) is 0 Å². The van der Waals surface area contributed by atoms with E-state index in [-0.39, 0.29) is 18.4 Å². The van der Waals surface area contributed by atoms with E-state index in [0.717, 1.165) is 17.4 Å². The van der Waals surface area contributed by atoms with Crippen LogP contribution in [0.4, 0.5) is 9.93 Å². The Morgan fingerprint density at radius 1 is 1.28 bits per heavy atom. The summed E-state index contributed by atoms with van der Waals surface area (Å²) in [6, 6.07) is -0.0267. The Kier molecular flexibility index (Phi) is 7.20. The summed E-state index contributed by atoms with van der Waals surface area (Å²) in [4.78, 5) is 21.8. The highest BCUT2D eigenvalue weighted by Crippen LogP contribution is 2.20. The minimum Gasteiger partial charge on any atom is -0.330 e. The molecule has 0 fully saturated rings. The molecule has 1 aromatic heterocycles. The van der Waals surface area contributed by atoms with Crippen LogP contribution in [0.5, 0.6) is 0 Å². The monoisotopic (exact) mass is 292 g/mol. The number of thiazole rings is 1. The first-order valence-corrected chi connectivity index (χ1v) is 6.35. The minimum absolute atomic E-state index is 0. The zero-order valence-corrected chi connectivity index (χ0v) is 13.1. The zero-order valence-electron chi connectivity index (χ0n) is 11.5. The number of amides is 2. The van der Waals surface area contributed by atoms with E-state index >= 15 is 0 Å². The third kappa shape index (κ3) is 4.80. The van der Waals surface area contributed by atoms with Crippen LogP contribution in [0.1, 0.15) is 5.69 Å². The minimum atomic E-state index is -0.0267. The average molecular weight is 293 g/mol. The molecule has 0 aliphatic rings. The molecule has 0 unspecified atom stereocenters. The summed E-state index contributed by atoms with van der Waals surface area (Å²) in [6.45, 7) is 3.40. The molecule has 104 valence electrons. The topological polar surface area (TPSA) is 39.7 Å². The van der Waals surface area contributed by atoms with Crippen LogP contribution in [0.3, 0.4) is 0 Å². The van der Waals surface area contributed by atoms with Gasteiger partial charge < -0.3 is 9.80 Å². The van der Waals surface area contributed by atoms with Crippen LogP contribution >= 0.6 is 23.7 Å². The second kappa shape index (κ2) is 7.56. The van der Waals surface area contributed by atoms with Gasteiger partial charge >= 0.3 is 6.03 Å². The second-order valence-corrected chi connectivity index (χ2v) is 5.24. The SMILES string of the molecule is Cc1csc(N(CCN(C)C)C(=O)N(C)C)n1.Cl. The normalized spacial score (nSPS) is 10.1. The van der Waals surface area contributed by atoms with Gasteiger partial charge in [-0.2, -0.15) is 0 Å².